The van der Waals surface area contributed by atoms with E-state index in [-0.39, 0.29) is 11.5 Å². The molecule has 1 aromatic carbocycles. The van der Waals surface area contributed by atoms with Gasteiger partial charge in [0, 0.05) is 0 Å². The molecule has 2 aromatic rings. The molecule has 1 aliphatic carbocycles. The van der Waals surface area contributed by atoms with E-state index in [1.165, 1.54) is 5.56 Å². The summed E-state index contributed by atoms with van der Waals surface area (Å²) in [5.74, 6) is 1.87. The molecular weight excluding hydrogens is 262 g/mol. The predicted octanol–water partition coefficient (Wildman–Crippen LogP) is 3.59. The molecule has 4 nitrogen and oxygen atoms in total. The number of hydrogen-bond acceptors (Lipinski definition) is 4. The highest BCUT2D eigenvalue weighted by atomic mass is 16.5. The lowest BCUT2D eigenvalue weighted by Gasteiger charge is -2.19. The van der Waals surface area contributed by atoms with Crippen LogP contribution in [0.5, 0.6) is 0 Å². The summed E-state index contributed by atoms with van der Waals surface area (Å²) in [7, 11) is 0. The molecule has 0 bridgehead atoms. The van der Waals surface area contributed by atoms with Crippen molar-refractivity contribution in [2.45, 2.75) is 51.0 Å². The van der Waals surface area contributed by atoms with Crippen LogP contribution >= 0.6 is 0 Å². The minimum absolute atomic E-state index is 0.123. The largest absolute Gasteiger partial charge is 0.339 e. The topological polar surface area (TPSA) is 64.9 Å². The molecule has 1 aliphatic rings. The van der Waals surface area contributed by atoms with Gasteiger partial charge in [0.1, 0.15) is 0 Å². The first kappa shape index (κ1) is 14.3. The smallest absolute Gasteiger partial charge is 0.234 e. The fourth-order valence-corrected chi connectivity index (χ4v) is 3.27. The number of nitrogens with zero attached hydrogens (tertiary/aromatic N) is 2. The van der Waals surface area contributed by atoms with Crippen LogP contribution in [-0.2, 0) is 5.54 Å². The summed E-state index contributed by atoms with van der Waals surface area (Å²) in [6.45, 7) is 4.35. The highest BCUT2D eigenvalue weighted by Gasteiger charge is 2.37. The van der Waals surface area contributed by atoms with E-state index in [0.717, 1.165) is 25.7 Å². The van der Waals surface area contributed by atoms with Gasteiger partial charge in [-0.25, -0.2) is 0 Å². The number of benzene rings is 1. The van der Waals surface area contributed by atoms with Gasteiger partial charge in [0.2, 0.25) is 5.89 Å². The SMILES string of the molecule is CC(C)C(c1ccccc1)c1nc(C2(N)CCCC2)no1. The van der Waals surface area contributed by atoms with E-state index in [4.69, 9.17) is 10.3 Å². The van der Waals surface area contributed by atoms with Crippen LogP contribution in [0.1, 0.15) is 62.7 Å². The lowest BCUT2D eigenvalue weighted by molar-refractivity contribution is 0.326. The fraction of sp³-hybridized carbons (Fsp3) is 0.529. The molecule has 0 aliphatic heterocycles. The van der Waals surface area contributed by atoms with Crippen LogP contribution in [0.2, 0.25) is 0 Å². The third-order valence-corrected chi connectivity index (χ3v) is 4.47. The van der Waals surface area contributed by atoms with E-state index < -0.39 is 0 Å². The summed E-state index contributed by atoms with van der Waals surface area (Å²) in [5, 5.41) is 4.19. The van der Waals surface area contributed by atoms with E-state index >= 15 is 0 Å². The summed E-state index contributed by atoms with van der Waals surface area (Å²) in [6.07, 6.45) is 4.19. The standard InChI is InChI=1S/C17H23N3O/c1-12(2)14(13-8-4-3-5-9-13)15-19-16(20-21-15)17(18)10-6-7-11-17/h3-5,8-9,12,14H,6-7,10-11,18H2,1-2H3. The van der Waals surface area contributed by atoms with Crippen LogP contribution in [0.15, 0.2) is 34.9 Å². The first-order valence-electron chi connectivity index (χ1n) is 7.78. The zero-order valence-electron chi connectivity index (χ0n) is 12.7. The highest BCUT2D eigenvalue weighted by molar-refractivity contribution is 5.25. The molecule has 21 heavy (non-hydrogen) atoms. The van der Waals surface area contributed by atoms with Crippen molar-refractivity contribution >= 4 is 0 Å². The zero-order chi connectivity index (χ0) is 14.9. The van der Waals surface area contributed by atoms with Crippen molar-refractivity contribution < 1.29 is 4.52 Å². The molecule has 1 aromatic heterocycles. The number of rotatable bonds is 4. The van der Waals surface area contributed by atoms with Crippen LogP contribution in [0.25, 0.3) is 0 Å². The predicted molar refractivity (Wildman–Crippen MR) is 81.8 cm³/mol. The Bertz CT molecular complexity index is 585. The van der Waals surface area contributed by atoms with Crippen LogP contribution < -0.4 is 5.73 Å². The minimum Gasteiger partial charge on any atom is -0.339 e. The van der Waals surface area contributed by atoms with Gasteiger partial charge >= 0.3 is 0 Å². The lowest BCUT2D eigenvalue weighted by Crippen LogP contribution is -2.34. The maximum Gasteiger partial charge on any atom is 0.234 e. The van der Waals surface area contributed by atoms with Gasteiger partial charge in [-0.3, -0.25) is 0 Å². The molecule has 3 rings (SSSR count). The lowest BCUT2D eigenvalue weighted by atomic mass is 9.88. The van der Waals surface area contributed by atoms with Gasteiger partial charge in [-0.1, -0.05) is 62.2 Å². The Morgan fingerprint density at radius 2 is 1.81 bits per heavy atom. The molecule has 4 heteroatoms. The van der Waals surface area contributed by atoms with Crippen molar-refractivity contribution in [3.63, 3.8) is 0 Å². The van der Waals surface area contributed by atoms with Gasteiger partial charge in [-0.15, -0.1) is 0 Å². The van der Waals surface area contributed by atoms with E-state index in [1.807, 2.05) is 18.2 Å². The first-order chi connectivity index (χ1) is 10.1. The molecule has 0 amide bonds. The van der Waals surface area contributed by atoms with Crippen molar-refractivity contribution in [1.29, 1.82) is 0 Å². The van der Waals surface area contributed by atoms with Gasteiger partial charge in [0.15, 0.2) is 5.82 Å². The second kappa shape index (κ2) is 5.60. The summed E-state index contributed by atoms with van der Waals surface area (Å²) in [6, 6.07) is 10.3. The van der Waals surface area contributed by atoms with Crippen LogP contribution in [0, 0.1) is 5.92 Å². The number of nitrogens with two attached hydrogens (primary N) is 1. The molecule has 112 valence electrons. The zero-order valence-corrected chi connectivity index (χ0v) is 12.7. The number of aromatic nitrogens is 2. The van der Waals surface area contributed by atoms with Crippen molar-refractivity contribution in [2.24, 2.45) is 11.7 Å². The number of hydrogen-bond donors (Lipinski definition) is 1. The van der Waals surface area contributed by atoms with E-state index in [9.17, 15) is 0 Å². The molecule has 1 fully saturated rings. The summed E-state index contributed by atoms with van der Waals surface area (Å²) >= 11 is 0. The minimum atomic E-state index is -0.389. The Kier molecular flexibility index (Phi) is 3.81. The van der Waals surface area contributed by atoms with E-state index in [1.54, 1.807) is 0 Å². The second-order valence-electron chi connectivity index (χ2n) is 6.45. The molecular formula is C17H23N3O. The Morgan fingerprint density at radius 3 is 2.43 bits per heavy atom. The van der Waals surface area contributed by atoms with Gasteiger partial charge in [0.25, 0.3) is 0 Å². The van der Waals surface area contributed by atoms with Gasteiger partial charge in [-0.2, -0.15) is 4.98 Å². The average molecular weight is 285 g/mol. The third-order valence-electron chi connectivity index (χ3n) is 4.47. The Labute approximate surface area is 125 Å². The molecule has 0 saturated heterocycles. The van der Waals surface area contributed by atoms with E-state index in [0.29, 0.717) is 17.6 Å². The summed E-state index contributed by atoms with van der Waals surface area (Å²) in [4.78, 5) is 4.66. The normalized spacial score (nSPS) is 19.0. The maximum atomic E-state index is 6.42. The van der Waals surface area contributed by atoms with Crippen LogP contribution in [0.4, 0.5) is 0 Å². The summed E-state index contributed by atoms with van der Waals surface area (Å²) < 4.78 is 5.58. The van der Waals surface area contributed by atoms with Crippen molar-refractivity contribution in [1.82, 2.24) is 10.1 Å². The first-order valence-corrected chi connectivity index (χ1v) is 7.78. The molecule has 1 atom stereocenters. The average Bonchev–Trinajstić information content (AvgIpc) is 3.10. The quantitative estimate of drug-likeness (QED) is 0.932. The highest BCUT2D eigenvalue weighted by Crippen LogP contribution is 2.37. The molecule has 1 heterocycles. The molecule has 1 unspecified atom stereocenters. The van der Waals surface area contributed by atoms with Gasteiger partial charge < -0.3 is 10.3 Å². The summed E-state index contributed by atoms with van der Waals surface area (Å²) in [5.41, 5.74) is 7.24. The second-order valence-corrected chi connectivity index (χ2v) is 6.45. The Morgan fingerprint density at radius 1 is 1.14 bits per heavy atom. The fourth-order valence-electron chi connectivity index (χ4n) is 3.27. The van der Waals surface area contributed by atoms with Crippen molar-refractivity contribution in [2.75, 3.05) is 0 Å². The monoisotopic (exact) mass is 285 g/mol. The van der Waals surface area contributed by atoms with Crippen LogP contribution in [0.3, 0.4) is 0 Å². The molecule has 1 saturated carbocycles. The Balaban J connectivity index is 1.93. The van der Waals surface area contributed by atoms with Crippen molar-refractivity contribution in [3.05, 3.63) is 47.6 Å². The Hall–Kier alpha value is -1.68. The van der Waals surface area contributed by atoms with Gasteiger partial charge in [0.05, 0.1) is 11.5 Å². The van der Waals surface area contributed by atoms with E-state index in [2.05, 4.69) is 36.1 Å². The maximum absolute atomic E-state index is 6.42. The molecule has 0 radical (unpaired) electrons. The van der Waals surface area contributed by atoms with Gasteiger partial charge in [-0.05, 0) is 24.3 Å². The molecule has 2 N–H and O–H groups in total. The van der Waals surface area contributed by atoms with Crippen LogP contribution in [-0.4, -0.2) is 10.1 Å². The molecule has 0 spiro atoms. The third kappa shape index (κ3) is 2.72. The van der Waals surface area contributed by atoms with Crippen molar-refractivity contribution in [3.8, 4) is 0 Å².